The van der Waals surface area contributed by atoms with Crippen LogP contribution in [0.4, 0.5) is 4.39 Å². The molecular weight excluding hydrogens is 254 g/mol. The summed E-state index contributed by atoms with van der Waals surface area (Å²) < 4.78 is 24.8. The first kappa shape index (κ1) is 15.3. The summed E-state index contributed by atoms with van der Waals surface area (Å²) in [4.78, 5) is 0. The van der Waals surface area contributed by atoms with Crippen molar-refractivity contribution in [2.75, 3.05) is 0 Å². The Hall–Kier alpha value is -1.13. The Morgan fingerprint density at radius 3 is 2.05 bits per heavy atom. The molecule has 1 aliphatic rings. The topological polar surface area (TPSA) is 18.5 Å². The molecule has 4 heteroatoms. The smallest absolute Gasteiger partial charge is 0.403 e. The van der Waals surface area contributed by atoms with E-state index >= 15 is 0 Å². The molecule has 0 amide bonds. The van der Waals surface area contributed by atoms with Gasteiger partial charge in [-0.1, -0.05) is 31.2 Å². The van der Waals surface area contributed by atoms with Crippen LogP contribution in [0.1, 0.15) is 40.2 Å². The number of rotatable bonds is 3. The predicted molar refractivity (Wildman–Crippen MR) is 80.9 cm³/mol. The maximum atomic E-state index is 12.8. The first-order chi connectivity index (χ1) is 9.21. The van der Waals surface area contributed by atoms with Crippen LogP contribution >= 0.6 is 0 Å². The molecule has 0 aromatic heterocycles. The van der Waals surface area contributed by atoms with Crippen molar-refractivity contribution in [1.29, 1.82) is 0 Å². The van der Waals surface area contributed by atoms with Crippen LogP contribution < -0.4 is 0 Å². The second-order valence-electron chi connectivity index (χ2n) is 6.39. The number of benzene rings is 1. The van der Waals surface area contributed by atoms with E-state index in [0.717, 1.165) is 5.56 Å². The van der Waals surface area contributed by atoms with Gasteiger partial charge in [0.05, 0.1) is 11.2 Å². The van der Waals surface area contributed by atoms with E-state index in [9.17, 15) is 4.39 Å². The molecule has 1 heterocycles. The molecule has 0 bridgehead atoms. The molecule has 1 fully saturated rings. The van der Waals surface area contributed by atoms with Crippen molar-refractivity contribution in [3.05, 3.63) is 41.7 Å². The molecule has 2 nitrogen and oxygen atoms in total. The Kier molecular flexibility index (Phi) is 4.08. The monoisotopic (exact) mass is 276 g/mol. The highest BCUT2D eigenvalue weighted by molar-refractivity contribution is 6.48. The van der Waals surface area contributed by atoms with Crippen molar-refractivity contribution < 1.29 is 13.7 Å². The van der Waals surface area contributed by atoms with Gasteiger partial charge in [-0.15, -0.1) is 0 Å². The number of hydrogen-bond donors (Lipinski definition) is 0. The van der Waals surface area contributed by atoms with Gasteiger partial charge in [0, 0.05) is 5.82 Å². The zero-order chi connectivity index (χ0) is 15.0. The molecule has 1 aromatic rings. The maximum Gasteiger partial charge on any atom is 0.464 e. The second-order valence-corrected chi connectivity index (χ2v) is 6.39. The number of allylic oxidation sites excluding steroid dienone is 1. The van der Waals surface area contributed by atoms with Crippen LogP contribution in [0, 0.1) is 5.82 Å². The average molecular weight is 276 g/mol. The van der Waals surface area contributed by atoms with E-state index in [1.165, 1.54) is 12.1 Å². The van der Waals surface area contributed by atoms with E-state index < -0.39 is 0 Å². The lowest BCUT2D eigenvalue weighted by Crippen LogP contribution is -2.41. The zero-order valence-corrected chi connectivity index (χ0v) is 12.8. The number of halogens is 1. The third-order valence-corrected chi connectivity index (χ3v) is 4.16. The molecule has 1 saturated heterocycles. The van der Waals surface area contributed by atoms with E-state index in [2.05, 4.69) is 6.92 Å². The second kappa shape index (κ2) is 5.34. The fourth-order valence-corrected chi connectivity index (χ4v) is 2.03. The molecule has 1 aliphatic heterocycles. The van der Waals surface area contributed by atoms with E-state index in [1.54, 1.807) is 12.1 Å². The fourth-order valence-electron chi connectivity index (χ4n) is 2.03. The molecule has 1 aromatic carbocycles. The van der Waals surface area contributed by atoms with E-state index in [0.29, 0.717) is 0 Å². The van der Waals surface area contributed by atoms with Crippen LogP contribution in [-0.4, -0.2) is 18.3 Å². The summed E-state index contributed by atoms with van der Waals surface area (Å²) in [5.74, 6) is -0.0951. The highest BCUT2D eigenvalue weighted by Gasteiger charge is 2.52. The molecule has 20 heavy (non-hydrogen) atoms. The van der Waals surface area contributed by atoms with Crippen molar-refractivity contribution in [2.45, 2.75) is 51.6 Å². The lowest BCUT2D eigenvalue weighted by atomic mass is 9.73. The molecule has 0 radical (unpaired) electrons. The van der Waals surface area contributed by atoms with Gasteiger partial charge in [0.15, 0.2) is 0 Å². The SMILES string of the molecule is CC(/C=C\c1ccc(F)cc1)B1OC(C)(C)C(C)(C)O1. The van der Waals surface area contributed by atoms with Gasteiger partial charge in [-0.25, -0.2) is 4.39 Å². The van der Waals surface area contributed by atoms with Gasteiger partial charge in [0.1, 0.15) is 5.82 Å². The van der Waals surface area contributed by atoms with E-state index in [1.807, 2.05) is 39.8 Å². The summed E-state index contributed by atoms with van der Waals surface area (Å²) in [6, 6.07) is 6.42. The fraction of sp³-hybridized carbons (Fsp3) is 0.500. The summed E-state index contributed by atoms with van der Waals surface area (Å²) in [5, 5.41) is 0. The lowest BCUT2D eigenvalue weighted by Gasteiger charge is -2.32. The molecule has 2 rings (SSSR count). The van der Waals surface area contributed by atoms with Gasteiger partial charge in [0.2, 0.25) is 0 Å². The van der Waals surface area contributed by atoms with Crippen molar-refractivity contribution in [3.8, 4) is 0 Å². The summed E-state index contributed by atoms with van der Waals surface area (Å²) in [6.45, 7) is 10.2. The van der Waals surface area contributed by atoms with Crippen LogP contribution in [0.5, 0.6) is 0 Å². The molecule has 0 aliphatic carbocycles. The van der Waals surface area contributed by atoms with Gasteiger partial charge < -0.3 is 9.31 Å². The third kappa shape index (κ3) is 3.13. The average Bonchev–Trinajstić information content (AvgIpc) is 2.57. The van der Waals surface area contributed by atoms with Gasteiger partial charge in [-0.2, -0.15) is 0 Å². The Balaban J connectivity index is 2.03. The summed E-state index contributed by atoms with van der Waals surface area (Å²) >= 11 is 0. The van der Waals surface area contributed by atoms with Crippen molar-refractivity contribution in [2.24, 2.45) is 0 Å². The quantitative estimate of drug-likeness (QED) is 0.765. The van der Waals surface area contributed by atoms with Crippen molar-refractivity contribution >= 4 is 13.2 Å². The van der Waals surface area contributed by atoms with Gasteiger partial charge in [0.25, 0.3) is 0 Å². The first-order valence-electron chi connectivity index (χ1n) is 7.01. The molecular formula is C16H22BFO2. The Morgan fingerprint density at radius 1 is 1.05 bits per heavy atom. The third-order valence-electron chi connectivity index (χ3n) is 4.16. The Labute approximate surface area is 121 Å². The first-order valence-corrected chi connectivity index (χ1v) is 7.01. The molecule has 1 unspecified atom stereocenters. The minimum atomic E-state index is -0.310. The van der Waals surface area contributed by atoms with E-state index in [4.69, 9.17) is 9.31 Å². The van der Waals surface area contributed by atoms with Crippen LogP contribution in [0.15, 0.2) is 30.3 Å². The van der Waals surface area contributed by atoms with Crippen LogP contribution in [0.2, 0.25) is 5.82 Å². The Bertz CT molecular complexity index is 478. The summed E-state index contributed by atoms with van der Waals surface area (Å²) in [7, 11) is -0.253. The molecule has 0 spiro atoms. The van der Waals surface area contributed by atoms with Crippen LogP contribution in [-0.2, 0) is 9.31 Å². The van der Waals surface area contributed by atoms with Crippen LogP contribution in [0.25, 0.3) is 6.08 Å². The number of hydrogen-bond acceptors (Lipinski definition) is 2. The summed E-state index contributed by atoms with van der Waals surface area (Å²) in [6.07, 6.45) is 4.00. The largest absolute Gasteiger partial charge is 0.464 e. The highest BCUT2D eigenvalue weighted by atomic mass is 19.1. The maximum absolute atomic E-state index is 12.8. The van der Waals surface area contributed by atoms with Crippen LogP contribution in [0.3, 0.4) is 0 Å². The minimum absolute atomic E-state index is 0.126. The molecule has 0 saturated carbocycles. The van der Waals surface area contributed by atoms with Gasteiger partial charge in [-0.3, -0.25) is 0 Å². The van der Waals surface area contributed by atoms with Gasteiger partial charge >= 0.3 is 7.12 Å². The van der Waals surface area contributed by atoms with E-state index in [-0.39, 0.29) is 30.0 Å². The molecule has 1 atom stereocenters. The van der Waals surface area contributed by atoms with Crippen molar-refractivity contribution in [1.82, 2.24) is 0 Å². The predicted octanol–water partition coefficient (Wildman–Crippen LogP) is 4.32. The minimum Gasteiger partial charge on any atom is -0.403 e. The lowest BCUT2D eigenvalue weighted by molar-refractivity contribution is 0.00578. The summed E-state index contributed by atoms with van der Waals surface area (Å²) in [5.41, 5.74) is 0.348. The Morgan fingerprint density at radius 2 is 1.55 bits per heavy atom. The normalized spacial score (nSPS) is 22.4. The molecule has 0 N–H and O–H groups in total. The van der Waals surface area contributed by atoms with Crippen molar-refractivity contribution in [3.63, 3.8) is 0 Å². The zero-order valence-electron chi connectivity index (χ0n) is 12.8. The highest BCUT2D eigenvalue weighted by Crippen LogP contribution is 2.40. The molecule has 108 valence electrons. The standard InChI is InChI=1S/C16H22BFO2/c1-12(6-7-13-8-10-14(18)11-9-13)17-19-15(2,3)16(4,5)20-17/h6-12H,1-5H3/b7-6-. The van der Waals surface area contributed by atoms with Gasteiger partial charge in [-0.05, 0) is 45.4 Å².